The van der Waals surface area contributed by atoms with Gasteiger partial charge in [-0.2, -0.15) is 0 Å². The second-order valence-electron chi connectivity index (χ2n) is 8.13. The molecule has 2 bridgehead atoms. The van der Waals surface area contributed by atoms with Crippen molar-refractivity contribution in [1.29, 1.82) is 0 Å². The molecule has 0 aliphatic carbocycles. The summed E-state index contributed by atoms with van der Waals surface area (Å²) in [5.41, 5.74) is 0.480. The third-order valence-electron chi connectivity index (χ3n) is 6.74. The fourth-order valence-electron chi connectivity index (χ4n) is 5.43. The van der Waals surface area contributed by atoms with Crippen molar-refractivity contribution in [2.24, 2.45) is 11.8 Å². The Morgan fingerprint density at radius 3 is 2.73 bits per heavy atom. The number of hydrogen-bond donors (Lipinski definition) is 3. The van der Waals surface area contributed by atoms with Gasteiger partial charge in [-0.25, -0.2) is 0 Å². The fourth-order valence-corrected chi connectivity index (χ4v) is 7.82. The van der Waals surface area contributed by atoms with Crippen molar-refractivity contribution in [3.8, 4) is 0 Å². The van der Waals surface area contributed by atoms with Gasteiger partial charge >= 0.3 is 0 Å². The summed E-state index contributed by atoms with van der Waals surface area (Å²) < 4.78 is -0.674. The second-order valence-corrected chi connectivity index (χ2v) is 10.1. The number of carbonyl (C=O) groups is 3. The minimum atomic E-state index is -0.770. The van der Waals surface area contributed by atoms with Crippen LogP contribution in [-0.4, -0.2) is 63.5 Å². The van der Waals surface area contributed by atoms with Crippen LogP contribution in [0.4, 0.5) is 5.69 Å². The number of thioether (sulfide) groups is 1. The maximum absolute atomic E-state index is 13.6. The lowest BCUT2D eigenvalue weighted by atomic mass is 9.70. The third-order valence-corrected chi connectivity index (χ3v) is 9.02. The van der Waals surface area contributed by atoms with Crippen LogP contribution in [0.1, 0.15) is 26.2 Å². The van der Waals surface area contributed by atoms with Crippen molar-refractivity contribution < 1.29 is 19.5 Å². The standard InChI is InChI=1S/C21H26ClN3O4S/c1-3-11(10-26)25-17(19(28)24-13-7-5-4-6-12(13)22)21-9-8-14(30-21)15(18(27)23-2)16(21)20(25)29/h4-7,11,14-17,26H,3,8-10H2,1-2H3,(H,23,27)(H,24,28)/t11-,14+,15-,16-,17?,21?/m0/s1. The zero-order valence-corrected chi connectivity index (χ0v) is 18.5. The summed E-state index contributed by atoms with van der Waals surface area (Å²) in [5, 5.41) is 16.0. The number of aliphatic hydroxyl groups excluding tert-OH is 1. The number of carbonyl (C=O) groups excluding carboxylic acids is 3. The molecular weight excluding hydrogens is 426 g/mol. The lowest BCUT2D eigenvalue weighted by Crippen LogP contribution is -2.54. The maximum atomic E-state index is 13.6. The number of likely N-dealkylation sites (tertiary alicyclic amines) is 1. The molecule has 3 fully saturated rings. The van der Waals surface area contributed by atoms with E-state index < -0.39 is 28.7 Å². The Bertz CT molecular complexity index is 880. The molecule has 3 N–H and O–H groups in total. The van der Waals surface area contributed by atoms with E-state index >= 15 is 0 Å². The Hall–Kier alpha value is -1.77. The van der Waals surface area contributed by atoms with Crippen LogP contribution in [0.15, 0.2) is 24.3 Å². The summed E-state index contributed by atoms with van der Waals surface area (Å²) in [6, 6.07) is 5.71. The average Bonchev–Trinajstić information content (AvgIpc) is 3.38. The van der Waals surface area contributed by atoms with Crippen LogP contribution in [0.3, 0.4) is 0 Å². The quantitative estimate of drug-likeness (QED) is 0.613. The van der Waals surface area contributed by atoms with Gasteiger partial charge in [0.15, 0.2) is 0 Å². The molecule has 30 heavy (non-hydrogen) atoms. The molecule has 0 radical (unpaired) electrons. The lowest BCUT2D eigenvalue weighted by molar-refractivity contribution is -0.142. The molecule has 0 saturated carbocycles. The second kappa shape index (κ2) is 8.05. The van der Waals surface area contributed by atoms with Gasteiger partial charge in [0, 0.05) is 12.3 Å². The predicted molar refractivity (Wildman–Crippen MR) is 116 cm³/mol. The number of nitrogens with one attached hydrogen (secondary N) is 2. The Morgan fingerprint density at radius 1 is 1.37 bits per heavy atom. The van der Waals surface area contributed by atoms with E-state index in [-0.39, 0.29) is 29.6 Å². The van der Waals surface area contributed by atoms with E-state index in [9.17, 15) is 19.5 Å². The summed E-state index contributed by atoms with van der Waals surface area (Å²) in [6.07, 6.45) is 1.98. The van der Waals surface area contributed by atoms with Gasteiger partial charge < -0.3 is 20.6 Å². The molecule has 4 rings (SSSR count). The molecule has 6 atom stereocenters. The van der Waals surface area contributed by atoms with E-state index in [1.807, 2.05) is 6.92 Å². The number of nitrogens with zero attached hydrogens (tertiary/aromatic N) is 1. The molecule has 3 saturated heterocycles. The normalized spacial score (nSPS) is 32.8. The molecule has 1 aromatic carbocycles. The zero-order valence-electron chi connectivity index (χ0n) is 16.9. The molecule has 2 unspecified atom stereocenters. The SMILES string of the molecule is CC[C@@H](CO)N1C(=O)[C@@H]2[C@@H](C(=O)NC)[C@H]3CCC2(S3)C1C(=O)Nc1ccccc1Cl. The summed E-state index contributed by atoms with van der Waals surface area (Å²) in [4.78, 5) is 41.4. The molecule has 1 aromatic rings. The molecule has 9 heteroatoms. The number of hydrogen-bond acceptors (Lipinski definition) is 5. The van der Waals surface area contributed by atoms with Crippen molar-refractivity contribution in [3.05, 3.63) is 29.3 Å². The Labute approximate surface area is 184 Å². The number of halogens is 1. The minimum Gasteiger partial charge on any atom is -0.394 e. The zero-order chi connectivity index (χ0) is 21.6. The molecular formula is C21H26ClN3O4S. The maximum Gasteiger partial charge on any atom is 0.248 e. The van der Waals surface area contributed by atoms with Crippen LogP contribution in [0, 0.1) is 11.8 Å². The number of para-hydroxylation sites is 1. The first-order valence-corrected chi connectivity index (χ1v) is 11.5. The lowest BCUT2D eigenvalue weighted by Gasteiger charge is -2.36. The van der Waals surface area contributed by atoms with E-state index in [4.69, 9.17) is 11.6 Å². The van der Waals surface area contributed by atoms with E-state index in [0.717, 1.165) is 6.42 Å². The third kappa shape index (κ3) is 3.03. The van der Waals surface area contributed by atoms with Crippen LogP contribution in [-0.2, 0) is 14.4 Å². The molecule has 7 nitrogen and oxygen atoms in total. The molecule has 1 spiro atoms. The first kappa shape index (κ1) is 21.5. The van der Waals surface area contributed by atoms with Crippen LogP contribution in [0.2, 0.25) is 5.02 Å². The Morgan fingerprint density at radius 2 is 2.10 bits per heavy atom. The first-order chi connectivity index (χ1) is 14.4. The minimum absolute atomic E-state index is 0.0193. The van der Waals surface area contributed by atoms with Crippen molar-refractivity contribution in [2.75, 3.05) is 19.0 Å². The average molecular weight is 452 g/mol. The predicted octanol–water partition coefficient (Wildman–Crippen LogP) is 1.89. The van der Waals surface area contributed by atoms with Gasteiger partial charge in [-0.15, -0.1) is 11.8 Å². The Balaban J connectivity index is 1.76. The van der Waals surface area contributed by atoms with Crippen molar-refractivity contribution in [3.63, 3.8) is 0 Å². The van der Waals surface area contributed by atoms with Gasteiger partial charge in [0.05, 0.1) is 39.9 Å². The van der Waals surface area contributed by atoms with E-state index in [1.54, 1.807) is 48.0 Å². The number of rotatable bonds is 6. The van der Waals surface area contributed by atoms with Gasteiger partial charge in [-0.1, -0.05) is 30.7 Å². The molecule has 3 heterocycles. The highest BCUT2D eigenvalue weighted by Gasteiger charge is 2.74. The topological polar surface area (TPSA) is 98.7 Å². The summed E-state index contributed by atoms with van der Waals surface area (Å²) in [6.45, 7) is 1.64. The monoisotopic (exact) mass is 451 g/mol. The number of amides is 3. The van der Waals surface area contributed by atoms with Crippen LogP contribution >= 0.6 is 23.4 Å². The molecule has 3 amide bonds. The number of benzene rings is 1. The number of anilines is 1. The smallest absolute Gasteiger partial charge is 0.248 e. The Kier molecular flexibility index (Phi) is 5.76. The van der Waals surface area contributed by atoms with Crippen molar-refractivity contribution >= 4 is 46.8 Å². The number of fused-ring (bicyclic) bond motifs is 1. The number of aliphatic hydroxyl groups is 1. The summed E-state index contributed by atoms with van der Waals surface area (Å²) >= 11 is 7.84. The molecule has 0 aromatic heterocycles. The van der Waals surface area contributed by atoms with E-state index in [0.29, 0.717) is 23.6 Å². The highest BCUT2D eigenvalue weighted by atomic mass is 35.5. The van der Waals surface area contributed by atoms with Crippen LogP contribution in [0.5, 0.6) is 0 Å². The highest BCUT2D eigenvalue weighted by molar-refractivity contribution is 8.02. The van der Waals surface area contributed by atoms with Gasteiger partial charge in [0.2, 0.25) is 17.7 Å². The van der Waals surface area contributed by atoms with E-state index in [1.165, 1.54) is 0 Å². The summed E-state index contributed by atoms with van der Waals surface area (Å²) in [5.74, 6) is -1.71. The molecule has 3 aliphatic heterocycles. The molecule has 162 valence electrons. The largest absolute Gasteiger partial charge is 0.394 e. The fraction of sp³-hybridized carbons (Fsp3) is 0.571. The van der Waals surface area contributed by atoms with Crippen LogP contribution < -0.4 is 10.6 Å². The van der Waals surface area contributed by atoms with E-state index in [2.05, 4.69) is 10.6 Å². The van der Waals surface area contributed by atoms with Crippen molar-refractivity contribution in [1.82, 2.24) is 10.2 Å². The first-order valence-electron chi connectivity index (χ1n) is 10.3. The van der Waals surface area contributed by atoms with Gasteiger partial charge in [-0.3, -0.25) is 14.4 Å². The summed E-state index contributed by atoms with van der Waals surface area (Å²) in [7, 11) is 1.58. The van der Waals surface area contributed by atoms with Crippen molar-refractivity contribution in [2.45, 2.75) is 48.3 Å². The van der Waals surface area contributed by atoms with Gasteiger partial charge in [-0.05, 0) is 31.4 Å². The molecule has 3 aliphatic rings. The van der Waals surface area contributed by atoms with Gasteiger partial charge in [0.1, 0.15) is 6.04 Å². The van der Waals surface area contributed by atoms with Crippen LogP contribution in [0.25, 0.3) is 0 Å². The highest BCUT2D eigenvalue weighted by Crippen LogP contribution is 2.66. The van der Waals surface area contributed by atoms with Gasteiger partial charge in [0.25, 0.3) is 0 Å².